The molecule has 0 amide bonds. The van der Waals surface area contributed by atoms with E-state index in [9.17, 15) is 10.1 Å². The molecule has 0 bridgehead atoms. The first-order valence-electron chi connectivity index (χ1n) is 10.5. The van der Waals surface area contributed by atoms with E-state index in [1.807, 2.05) is 53.0 Å². The maximum atomic E-state index is 11.1. The summed E-state index contributed by atoms with van der Waals surface area (Å²) in [5.41, 5.74) is 5.14. The zero-order chi connectivity index (χ0) is 21.9. The molecule has 1 N–H and O–H groups in total. The van der Waals surface area contributed by atoms with Crippen LogP contribution < -0.4 is 5.32 Å². The van der Waals surface area contributed by atoms with Crippen LogP contribution in [0.15, 0.2) is 90.0 Å². The number of non-ortho nitro benzene ring substituents is 1. The molecule has 3 aromatic carbocycles. The summed E-state index contributed by atoms with van der Waals surface area (Å²) in [4.78, 5) is 12.0. The third-order valence-corrected chi connectivity index (χ3v) is 6.78. The van der Waals surface area contributed by atoms with E-state index >= 15 is 0 Å². The zero-order valence-electron chi connectivity index (χ0n) is 17.3. The topological polar surface area (TPSA) is 73.0 Å². The van der Waals surface area contributed by atoms with Gasteiger partial charge in [-0.15, -0.1) is 11.8 Å². The van der Waals surface area contributed by atoms with Crippen LogP contribution in [0, 0.1) is 10.1 Å². The van der Waals surface area contributed by atoms with Crippen LogP contribution in [0.25, 0.3) is 16.9 Å². The highest BCUT2D eigenvalue weighted by atomic mass is 32.2. The summed E-state index contributed by atoms with van der Waals surface area (Å²) in [5.74, 6) is 1.09. The van der Waals surface area contributed by atoms with Crippen molar-refractivity contribution in [2.24, 2.45) is 0 Å². The van der Waals surface area contributed by atoms with E-state index < -0.39 is 0 Å². The van der Waals surface area contributed by atoms with Crippen molar-refractivity contribution in [3.8, 4) is 16.9 Å². The Bertz CT molecular complexity index is 1240. The molecule has 1 atom stereocenters. The lowest BCUT2D eigenvalue weighted by Gasteiger charge is -2.26. The van der Waals surface area contributed by atoms with Crippen molar-refractivity contribution in [2.45, 2.75) is 23.9 Å². The molecular formula is C25H22N4O2S. The molecule has 0 saturated heterocycles. The average Bonchev–Trinajstić information content (AvgIpc) is 3.27. The number of nitrogens with zero attached hydrogens (tertiary/aromatic N) is 3. The summed E-state index contributed by atoms with van der Waals surface area (Å²) in [7, 11) is 0. The Hall–Kier alpha value is -3.42. The second-order valence-electron chi connectivity index (χ2n) is 7.70. The Kier molecular flexibility index (Phi) is 5.75. The summed E-state index contributed by atoms with van der Waals surface area (Å²) >= 11 is 1.91. The Morgan fingerprint density at radius 3 is 2.56 bits per heavy atom. The van der Waals surface area contributed by atoms with Crippen molar-refractivity contribution < 1.29 is 4.92 Å². The summed E-state index contributed by atoms with van der Waals surface area (Å²) in [6.07, 6.45) is 3.12. The minimum Gasteiger partial charge on any atom is -0.306 e. The maximum absolute atomic E-state index is 11.1. The molecule has 0 fully saturated rings. The number of hydrogen-bond acceptors (Lipinski definition) is 5. The van der Waals surface area contributed by atoms with Crippen molar-refractivity contribution in [3.63, 3.8) is 0 Å². The predicted octanol–water partition coefficient (Wildman–Crippen LogP) is 5.77. The average molecular weight is 443 g/mol. The van der Waals surface area contributed by atoms with E-state index in [1.165, 1.54) is 22.6 Å². The molecule has 1 unspecified atom stereocenters. The van der Waals surface area contributed by atoms with Crippen LogP contribution in [0.3, 0.4) is 0 Å². The minimum absolute atomic E-state index is 0.0761. The largest absolute Gasteiger partial charge is 0.306 e. The molecule has 6 nitrogen and oxygen atoms in total. The van der Waals surface area contributed by atoms with E-state index in [-0.39, 0.29) is 16.7 Å². The van der Waals surface area contributed by atoms with Gasteiger partial charge < -0.3 is 5.32 Å². The van der Waals surface area contributed by atoms with Gasteiger partial charge in [-0.2, -0.15) is 5.10 Å². The first-order valence-corrected chi connectivity index (χ1v) is 11.5. The number of rotatable bonds is 6. The monoisotopic (exact) mass is 442 g/mol. The number of nitro benzene ring substituents is 1. The normalized spacial score (nSPS) is 15.3. The number of nitrogens with one attached hydrogen (secondary N) is 1. The van der Waals surface area contributed by atoms with E-state index in [2.05, 4.69) is 29.6 Å². The summed E-state index contributed by atoms with van der Waals surface area (Å²) < 4.78 is 1.87. The number of benzene rings is 3. The molecule has 32 heavy (non-hydrogen) atoms. The molecule has 1 aliphatic rings. The maximum Gasteiger partial charge on any atom is 0.269 e. The molecule has 0 radical (unpaired) electrons. The van der Waals surface area contributed by atoms with Crippen molar-refractivity contribution in [1.29, 1.82) is 0 Å². The molecule has 4 aromatic rings. The highest BCUT2D eigenvalue weighted by Crippen LogP contribution is 2.36. The molecule has 0 aliphatic carbocycles. The van der Waals surface area contributed by atoms with E-state index in [0.29, 0.717) is 6.54 Å². The fraction of sp³-hybridized carbons (Fsp3) is 0.160. The molecular weight excluding hydrogens is 420 g/mol. The first kappa shape index (κ1) is 20.5. The number of para-hydroxylation sites is 1. The van der Waals surface area contributed by atoms with Gasteiger partial charge in [-0.3, -0.25) is 10.1 Å². The van der Waals surface area contributed by atoms with Crippen LogP contribution >= 0.6 is 11.8 Å². The Balaban J connectivity index is 1.47. The minimum atomic E-state index is -0.382. The lowest BCUT2D eigenvalue weighted by molar-refractivity contribution is -0.384. The van der Waals surface area contributed by atoms with Gasteiger partial charge in [0.15, 0.2) is 0 Å². The van der Waals surface area contributed by atoms with Crippen molar-refractivity contribution in [2.75, 3.05) is 5.75 Å². The highest BCUT2D eigenvalue weighted by molar-refractivity contribution is 7.99. The standard InChI is InChI=1S/C25H22N4O2S/c30-29(31)21-12-10-18(11-13-21)25-19(17-28(27-25)20-6-2-1-3-7-20)16-26-23-14-15-32-24-9-5-4-8-22(23)24/h1-13,17,23,26H,14-16H2. The number of thioether (sulfide) groups is 1. The van der Waals surface area contributed by atoms with Crippen molar-refractivity contribution in [3.05, 3.63) is 106 Å². The van der Waals surface area contributed by atoms with E-state index in [4.69, 9.17) is 5.10 Å². The summed E-state index contributed by atoms with van der Waals surface area (Å²) in [6, 6.07) is 25.4. The molecule has 0 saturated carbocycles. The van der Waals surface area contributed by atoms with Gasteiger partial charge >= 0.3 is 0 Å². The smallest absolute Gasteiger partial charge is 0.269 e. The third kappa shape index (κ3) is 4.17. The lowest BCUT2D eigenvalue weighted by atomic mass is 10.0. The number of nitro groups is 1. The van der Waals surface area contributed by atoms with Gasteiger partial charge in [-0.25, -0.2) is 4.68 Å². The molecule has 0 spiro atoms. The quantitative estimate of drug-likeness (QED) is 0.303. The van der Waals surface area contributed by atoms with Crippen LogP contribution in [-0.4, -0.2) is 20.5 Å². The second kappa shape index (κ2) is 8.98. The summed E-state index contributed by atoms with van der Waals surface area (Å²) in [6.45, 7) is 0.656. The highest BCUT2D eigenvalue weighted by Gasteiger charge is 2.21. The molecule has 1 aliphatic heterocycles. The number of aromatic nitrogens is 2. The number of fused-ring (bicyclic) bond motifs is 1. The fourth-order valence-electron chi connectivity index (χ4n) is 4.02. The SMILES string of the molecule is O=[N+]([O-])c1ccc(-c2nn(-c3ccccc3)cc2CNC2CCSc3ccccc32)cc1. The van der Waals surface area contributed by atoms with Gasteiger partial charge in [0, 0.05) is 46.9 Å². The van der Waals surface area contributed by atoms with Crippen molar-refractivity contribution in [1.82, 2.24) is 15.1 Å². The molecule has 7 heteroatoms. The fourth-order valence-corrected chi connectivity index (χ4v) is 5.15. The van der Waals surface area contributed by atoms with Gasteiger partial charge in [0.05, 0.1) is 16.3 Å². The van der Waals surface area contributed by atoms with Gasteiger partial charge in [0.25, 0.3) is 5.69 Å². The van der Waals surface area contributed by atoms with Crippen LogP contribution in [0.4, 0.5) is 5.69 Å². The van der Waals surface area contributed by atoms with E-state index in [0.717, 1.165) is 34.7 Å². The molecule has 160 valence electrons. The second-order valence-corrected chi connectivity index (χ2v) is 8.83. The Morgan fingerprint density at radius 2 is 1.78 bits per heavy atom. The van der Waals surface area contributed by atoms with E-state index in [1.54, 1.807) is 12.1 Å². The van der Waals surface area contributed by atoms with Gasteiger partial charge in [-0.05, 0) is 48.1 Å². The van der Waals surface area contributed by atoms with Crippen LogP contribution in [0.1, 0.15) is 23.6 Å². The van der Waals surface area contributed by atoms with Crippen molar-refractivity contribution >= 4 is 17.4 Å². The molecule has 2 heterocycles. The Morgan fingerprint density at radius 1 is 1.03 bits per heavy atom. The lowest BCUT2D eigenvalue weighted by Crippen LogP contribution is -2.24. The van der Waals surface area contributed by atoms with Crippen LogP contribution in [-0.2, 0) is 6.54 Å². The van der Waals surface area contributed by atoms with Gasteiger partial charge in [0.1, 0.15) is 0 Å². The van der Waals surface area contributed by atoms with Crippen LogP contribution in [0.2, 0.25) is 0 Å². The number of hydrogen-bond donors (Lipinski definition) is 1. The van der Waals surface area contributed by atoms with Crippen LogP contribution in [0.5, 0.6) is 0 Å². The Labute approximate surface area is 190 Å². The summed E-state index contributed by atoms with van der Waals surface area (Å²) in [5, 5.41) is 19.6. The first-order chi connectivity index (χ1) is 15.7. The molecule has 5 rings (SSSR count). The zero-order valence-corrected chi connectivity index (χ0v) is 18.2. The molecule has 1 aromatic heterocycles. The van der Waals surface area contributed by atoms with Gasteiger partial charge in [0.2, 0.25) is 0 Å². The third-order valence-electron chi connectivity index (χ3n) is 5.66. The predicted molar refractivity (Wildman–Crippen MR) is 127 cm³/mol. The van der Waals surface area contributed by atoms with Gasteiger partial charge in [-0.1, -0.05) is 36.4 Å².